The number of H-pyrrole nitrogens is 1. The first-order valence-electron chi connectivity index (χ1n) is 8.92. The Balaban J connectivity index is 2.23. The van der Waals surface area contributed by atoms with Gasteiger partial charge in [0.1, 0.15) is 22.0 Å². The predicted octanol–water partition coefficient (Wildman–Crippen LogP) is 4.03. The van der Waals surface area contributed by atoms with Crippen molar-refractivity contribution >= 4 is 39.2 Å². The van der Waals surface area contributed by atoms with E-state index in [-0.39, 0.29) is 29.3 Å². The van der Waals surface area contributed by atoms with Crippen LogP contribution in [0.3, 0.4) is 0 Å². The first-order chi connectivity index (χ1) is 13.2. The number of rotatable bonds is 4. The summed E-state index contributed by atoms with van der Waals surface area (Å²) in [5, 5.41) is 10.5. The summed E-state index contributed by atoms with van der Waals surface area (Å²) in [7, 11) is 0. The van der Waals surface area contributed by atoms with Crippen LogP contribution in [-0.2, 0) is 9.53 Å². The summed E-state index contributed by atoms with van der Waals surface area (Å²) in [5.41, 5.74) is 2.86. The lowest BCUT2D eigenvalue weighted by Gasteiger charge is -2.09. The van der Waals surface area contributed by atoms with Crippen molar-refractivity contribution in [2.45, 2.75) is 34.6 Å². The summed E-state index contributed by atoms with van der Waals surface area (Å²) in [6.45, 7) is 9.31. The van der Waals surface area contributed by atoms with Crippen LogP contribution in [0.2, 0.25) is 0 Å². The van der Waals surface area contributed by atoms with Gasteiger partial charge in [-0.3, -0.25) is 4.79 Å². The Bertz CT molecular complexity index is 1150. The van der Waals surface area contributed by atoms with Crippen molar-refractivity contribution in [2.24, 2.45) is 0 Å². The molecule has 0 saturated heterocycles. The highest BCUT2D eigenvalue weighted by Crippen LogP contribution is 2.28. The van der Waals surface area contributed by atoms with Crippen LogP contribution in [0.4, 0.5) is 0 Å². The Morgan fingerprint density at radius 1 is 1.25 bits per heavy atom. The van der Waals surface area contributed by atoms with Gasteiger partial charge in [-0.2, -0.15) is 0 Å². The van der Waals surface area contributed by atoms with E-state index in [1.807, 2.05) is 13.8 Å². The predicted molar refractivity (Wildman–Crippen MR) is 112 cm³/mol. The van der Waals surface area contributed by atoms with Gasteiger partial charge in [-0.15, -0.1) is 11.3 Å². The van der Waals surface area contributed by atoms with E-state index < -0.39 is 5.97 Å². The zero-order valence-electron chi connectivity index (χ0n) is 16.5. The number of fused-ring (bicyclic) bond motifs is 1. The smallest absolute Gasteiger partial charge is 0.341 e. The molecule has 0 amide bonds. The van der Waals surface area contributed by atoms with Gasteiger partial charge in [-0.05, 0) is 75.1 Å². The largest absolute Gasteiger partial charge is 0.507 e. The third kappa shape index (κ3) is 3.57. The molecular formula is C21H22N2O4S. The van der Waals surface area contributed by atoms with Crippen LogP contribution in [0.25, 0.3) is 21.9 Å². The molecule has 0 aliphatic heterocycles. The quantitative estimate of drug-likeness (QED) is 0.511. The van der Waals surface area contributed by atoms with Crippen molar-refractivity contribution in [3.05, 3.63) is 55.4 Å². The normalized spacial score (nSPS) is 11.8. The van der Waals surface area contributed by atoms with E-state index >= 15 is 0 Å². The van der Waals surface area contributed by atoms with Crippen LogP contribution in [-0.4, -0.2) is 27.7 Å². The van der Waals surface area contributed by atoms with Gasteiger partial charge in [0.25, 0.3) is 5.56 Å². The van der Waals surface area contributed by atoms with E-state index in [0.29, 0.717) is 26.9 Å². The fourth-order valence-corrected chi connectivity index (χ4v) is 4.08. The molecule has 2 heterocycles. The van der Waals surface area contributed by atoms with Gasteiger partial charge >= 0.3 is 5.97 Å². The second kappa shape index (κ2) is 7.59. The maximum atomic E-state index is 12.6. The molecule has 3 aromatic rings. The molecule has 0 saturated carbocycles. The zero-order valence-corrected chi connectivity index (χ0v) is 17.3. The van der Waals surface area contributed by atoms with Crippen molar-refractivity contribution in [1.29, 1.82) is 0 Å². The minimum atomic E-state index is -0.571. The number of carbonyl (C=O) groups excluding carboxylic acids is 1. The molecular weight excluding hydrogens is 376 g/mol. The summed E-state index contributed by atoms with van der Waals surface area (Å²) in [4.78, 5) is 34.1. The molecule has 0 aliphatic rings. The monoisotopic (exact) mass is 398 g/mol. The van der Waals surface area contributed by atoms with Crippen LogP contribution >= 0.6 is 11.3 Å². The molecule has 0 unspecified atom stereocenters. The number of hydrogen-bond donors (Lipinski definition) is 2. The molecule has 0 bridgehead atoms. The highest BCUT2D eigenvalue weighted by molar-refractivity contribution is 7.18. The van der Waals surface area contributed by atoms with Crippen molar-refractivity contribution in [1.82, 2.24) is 9.97 Å². The number of nitrogens with one attached hydrogen (secondary N) is 1. The van der Waals surface area contributed by atoms with Crippen LogP contribution in [0, 0.1) is 27.7 Å². The Morgan fingerprint density at radius 2 is 1.89 bits per heavy atom. The Kier molecular flexibility index (Phi) is 5.38. The molecule has 6 nitrogen and oxygen atoms in total. The Hall–Kier alpha value is -2.93. The highest BCUT2D eigenvalue weighted by atomic mass is 32.1. The van der Waals surface area contributed by atoms with Crippen LogP contribution < -0.4 is 5.56 Å². The van der Waals surface area contributed by atoms with E-state index in [0.717, 1.165) is 10.4 Å². The fraction of sp³-hybridized carbons (Fsp3) is 0.286. The lowest BCUT2D eigenvalue weighted by atomic mass is 10.0. The summed E-state index contributed by atoms with van der Waals surface area (Å²) >= 11 is 1.42. The molecule has 3 rings (SSSR count). The van der Waals surface area contributed by atoms with Crippen LogP contribution in [0.1, 0.15) is 39.9 Å². The van der Waals surface area contributed by atoms with Gasteiger partial charge in [0.2, 0.25) is 0 Å². The number of carbonyl (C=O) groups is 1. The number of phenols is 1. The van der Waals surface area contributed by atoms with Gasteiger partial charge in [-0.1, -0.05) is 0 Å². The standard InChI is InChI=1S/C21H22N2O4S/c1-6-27-21(26)15(9-14-7-10(2)17(24)11(3)8-14)18-22-19(25)16-12(4)13(5)28-20(16)23-18/h7-9,24H,6H2,1-5H3,(H,22,23,25)/b15-9-. The molecule has 0 fully saturated rings. The van der Waals surface area contributed by atoms with Crippen molar-refractivity contribution < 1.29 is 14.6 Å². The van der Waals surface area contributed by atoms with Gasteiger partial charge < -0.3 is 14.8 Å². The van der Waals surface area contributed by atoms with Gasteiger partial charge in [0, 0.05) is 4.88 Å². The second-order valence-electron chi connectivity index (χ2n) is 6.66. The van der Waals surface area contributed by atoms with Crippen molar-refractivity contribution in [3.8, 4) is 5.75 Å². The average Bonchev–Trinajstić information content (AvgIpc) is 2.92. The third-order valence-electron chi connectivity index (χ3n) is 4.61. The molecule has 0 radical (unpaired) electrons. The summed E-state index contributed by atoms with van der Waals surface area (Å²) < 4.78 is 5.18. The molecule has 0 spiro atoms. The SMILES string of the molecule is CCOC(=O)/C(=C\c1cc(C)c(O)c(C)c1)c1nc2sc(C)c(C)c2c(=O)[nH]1. The third-order valence-corrected chi connectivity index (χ3v) is 5.72. The number of benzene rings is 1. The number of ether oxygens (including phenoxy) is 1. The first-order valence-corrected chi connectivity index (χ1v) is 9.74. The molecule has 2 aromatic heterocycles. The maximum absolute atomic E-state index is 12.6. The summed E-state index contributed by atoms with van der Waals surface area (Å²) in [5.74, 6) is -0.189. The summed E-state index contributed by atoms with van der Waals surface area (Å²) in [6.07, 6.45) is 1.62. The number of hydrogen-bond acceptors (Lipinski definition) is 6. The van der Waals surface area contributed by atoms with Gasteiger partial charge in [0.15, 0.2) is 0 Å². The minimum Gasteiger partial charge on any atom is -0.507 e. The molecule has 146 valence electrons. The molecule has 0 atom stereocenters. The second-order valence-corrected chi connectivity index (χ2v) is 7.86. The highest BCUT2D eigenvalue weighted by Gasteiger charge is 2.20. The van der Waals surface area contributed by atoms with Gasteiger partial charge in [-0.25, -0.2) is 9.78 Å². The lowest BCUT2D eigenvalue weighted by Crippen LogP contribution is -2.15. The molecule has 7 heteroatoms. The lowest BCUT2D eigenvalue weighted by molar-refractivity contribution is -0.136. The number of phenolic OH excluding ortho intramolecular Hbond substituents is 1. The number of aromatic nitrogens is 2. The number of aromatic amines is 1. The number of aromatic hydroxyl groups is 1. The number of nitrogens with zero attached hydrogens (tertiary/aromatic N) is 1. The number of aryl methyl sites for hydroxylation is 4. The topological polar surface area (TPSA) is 92.3 Å². The molecule has 0 aliphatic carbocycles. The molecule has 2 N–H and O–H groups in total. The van der Waals surface area contributed by atoms with E-state index in [1.165, 1.54) is 11.3 Å². The number of thiophene rings is 1. The maximum Gasteiger partial charge on any atom is 0.341 e. The number of esters is 1. The molecule has 1 aromatic carbocycles. The van der Waals surface area contributed by atoms with E-state index in [2.05, 4.69) is 9.97 Å². The zero-order chi connectivity index (χ0) is 20.6. The van der Waals surface area contributed by atoms with Crippen LogP contribution in [0.15, 0.2) is 16.9 Å². The van der Waals surface area contributed by atoms with E-state index in [9.17, 15) is 14.7 Å². The fourth-order valence-electron chi connectivity index (χ4n) is 3.05. The molecule has 28 heavy (non-hydrogen) atoms. The van der Waals surface area contributed by atoms with E-state index in [4.69, 9.17) is 4.74 Å². The summed E-state index contributed by atoms with van der Waals surface area (Å²) in [6, 6.07) is 3.52. The van der Waals surface area contributed by atoms with Gasteiger partial charge in [0.05, 0.1) is 12.0 Å². The average molecular weight is 398 g/mol. The minimum absolute atomic E-state index is 0.161. The van der Waals surface area contributed by atoms with E-state index in [1.54, 1.807) is 39.0 Å². The van der Waals surface area contributed by atoms with Crippen molar-refractivity contribution in [3.63, 3.8) is 0 Å². The Morgan fingerprint density at radius 3 is 2.50 bits per heavy atom. The van der Waals surface area contributed by atoms with Crippen molar-refractivity contribution in [2.75, 3.05) is 6.61 Å². The first kappa shape index (κ1) is 19.8. The van der Waals surface area contributed by atoms with Crippen LogP contribution in [0.5, 0.6) is 5.75 Å². The Labute approximate surface area is 166 Å².